The maximum absolute atomic E-state index is 13.4. The van der Waals surface area contributed by atoms with Crippen LogP contribution in [-0.2, 0) is 11.2 Å². The number of piperidine rings is 1. The van der Waals surface area contributed by atoms with Crippen LogP contribution in [0.4, 0.5) is 8.78 Å². The molecule has 0 amide bonds. The van der Waals surface area contributed by atoms with Crippen molar-refractivity contribution in [2.75, 3.05) is 13.1 Å². The molecule has 3 atom stereocenters. The van der Waals surface area contributed by atoms with Crippen LogP contribution in [0.1, 0.15) is 108 Å². The molecule has 4 nitrogen and oxygen atoms in total. The van der Waals surface area contributed by atoms with Crippen LogP contribution in [0.2, 0.25) is 0 Å². The summed E-state index contributed by atoms with van der Waals surface area (Å²) in [5, 5.41) is 19.8. The van der Waals surface area contributed by atoms with Crippen molar-refractivity contribution < 1.29 is 23.8 Å². The predicted molar refractivity (Wildman–Crippen MR) is 162 cm³/mol. The zero-order chi connectivity index (χ0) is 29.8. The lowest BCUT2D eigenvalue weighted by atomic mass is 9.81. The number of aliphatic hydroxyl groups is 1. The van der Waals surface area contributed by atoms with Gasteiger partial charge in [-0.25, -0.2) is 8.78 Å². The molecule has 1 aliphatic heterocycles. The number of halogens is 2. The third-order valence-corrected chi connectivity index (χ3v) is 9.59. The first-order chi connectivity index (χ1) is 19.7. The fraction of sp³-hybridized carbons (Fsp3) is 0.629. The molecular formula is C35H51F2NO3. The average Bonchev–Trinajstić information content (AvgIpc) is 2.99. The molecule has 2 fully saturated rings. The number of rotatable bonds is 11. The van der Waals surface area contributed by atoms with E-state index < -0.39 is 23.2 Å². The van der Waals surface area contributed by atoms with Gasteiger partial charge in [0.15, 0.2) is 11.6 Å². The highest BCUT2D eigenvalue weighted by atomic mass is 19.2. The third-order valence-electron chi connectivity index (χ3n) is 9.59. The SMILES string of the molecule is CCC(c1ccccc1)C(CC)N1CCC(O)(CCCc2ccc(F)c(F)c2)CC1.C[C@@H](C(=O)O)C1CCCCC1. The molecule has 1 saturated carbocycles. The minimum Gasteiger partial charge on any atom is -0.481 e. The Kier molecular flexibility index (Phi) is 13.2. The molecule has 2 N–H and O–H groups in total. The van der Waals surface area contributed by atoms with Crippen LogP contribution in [0.5, 0.6) is 0 Å². The number of hydrogen-bond acceptors (Lipinski definition) is 3. The fourth-order valence-electron chi connectivity index (χ4n) is 6.90. The Bertz CT molecular complexity index is 1050. The van der Waals surface area contributed by atoms with Crippen molar-refractivity contribution in [1.82, 2.24) is 4.90 Å². The van der Waals surface area contributed by atoms with E-state index >= 15 is 0 Å². The van der Waals surface area contributed by atoms with Gasteiger partial charge < -0.3 is 10.2 Å². The van der Waals surface area contributed by atoms with Crippen molar-refractivity contribution in [3.63, 3.8) is 0 Å². The first kappa shape index (κ1) is 33.2. The van der Waals surface area contributed by atoms with E-state index in [0.717, 1.165) is 63.6 Å². The number of likely N-dealkylation sites (tertiary alicyclic amines) is 1. The number of nitrogens with zero attached hydrogens (tertiary/aromatic N) is 1. The Morgan fingerprint density at radius 1 is 0.976 bits per heavy atom. The number of aryl methyl sites for hydroxylation is 1. The lowest BCUT2D eigenvalue weighted by Gasteiger charge is -2.44. The maximum Gasteiger partial charge on any atom is 0.306 e. The Morgan fingerprint density at radius 2 is 1.63 bits per heavy atom. The lowest BCUT2D eigenvalue weighted by molar-refractivity contribution is -0.143. The molecule has 2 aromatic rings. The molecule has 0 aromatic heterocycles. The van der Waals surface area contributed by atoms with Gasteiger partial charge in [0.05, 0.1) is 11.5 Å². The molecule has 0 radical (unpaired) electrons. The second-order valence-corrected chi connectivity index (χ2v) is 12.3. The number of hydrogen-bond donors (Lipinski definition) is 2. The smallest absolute Gasteiger partial charge is 0.306 e. The second-order valence-electron chi connectivity index (χ2n) is 12.3. The van der Waals surface area contributed by atoms with Gasteiger partial charge in [0.25, 0.3) is 0 Å². The first-order valence-corrected chi connectivity index (χ1v) is 15.9. The van der Waals surface area contributed by atoms with E-state index in [0.29, 0.717) is 30.7 Å². The highest BCUT2D eigenvalue weighted by Crippen LogP contribution is 2.34. The molecule has 1 saturated heterocycles. The van der Waals surface area contributed by atoms with Crippen LogP contribution >= 0.6 is 0 Å². The average molecular weight is 572 g/mol. The van der Waals surface area contributed by atoms with Crippen molar-refractivity contribution in [1.29, 1.82) is 0 Å². The lowest BCUT2D eigenvalue weighted by Crippen LogP contribution is -2.49. The molecule has 1 aliphatic carbocycles. The predicted octanol–water partition coefficient (Wildman–Crippen LogP) is 8.37. The minimum absolute atomic E-state index is 0.129. The molecule has 2 aliphatic rings. The standard InChI is InChI=1S/C26H35F2NO.C9H16O2/c1-3-22(21-10-6-5-7-11-21)25(4-2)29-17-15-26(30,16-18-29)14-8-9-20-12-13-23(27)24(28)19-20;1-7(9(10)11)8-5-3-2-4-6-8/h5-7,10-13,19,22,25,30H,3-4,8-9,14-18H2,1-2H3;7-8H,2-6H2,1H3,(H,10,11)/t;7-/m.1/s1. The van der Waals surface area contributed by atoms with Crippen molar-refractivity contribution in [2.45, 2.75) is 115 Å². The highest BCUT2D eigenvalue weighted by Gasteiger charge is 2.36. The summed E-state index contributed by atoms with van der Waals surface area (Å²) in [6, 6.07) is 15.3. The third kappa shape index (κ3) is 9.89. The van der Waals surface area contributed by atoms with Gasteiger partial charge in [0.2, 0.25) is 0 Å². The van der Waals surface area contributed by atoms with Crippen LogP contribution < -0.4 is 0 Å². The van der Waals surface area contributed by atoms with Gasteiger partial charge in [-0.15, -0.1) is 0 Å². The van der Waals surface area contributed by atoms with Crippen LogP contribution in [0.25, 0.3) is 0 Å². The van der Waals surface area contributed by atoms with E-state index in [9.17, 15) is 18.7 Å². The van der Waals surface area contributed by atoms with Gasteiger partial charge >= 0.3 is 5.97 Å². The molecule has 1 heterocycles. The van der Waals surface area contributed by atoms with E-state index in [4.69, 9.17) is 5.11 Å². The number of benzene rings is 2. The van der Waals surface area contributed by atoms with Gasteiger partial charge in [-0.1, -0.05) is 76.4 Å². The van der Waals surface area contributed by atoms with Crippen LogP contribution in [0.3, 0.4) is 0 Å². The van der Waals surface area contributed by atoms with Crippen LogP contribution in [-0.4, -0.2) is 45.8 Å². The quantitative estimate of drug-likeness (QED) is 0.284. The summed E-state index contributed by atoms with van der Waals surface area (Å²) in [4.78, 5) is 13.2. The molecule has 2 aromatic carbocycles. The Labute approximate surface area is 246 Å². The van der Waals surface area contributed by atoms with Gasteiger partial charge in [-0.3, -0.25) is 9.69 Å². The van der Waals surface area contributed by atoms with E-state index in [1.807, 2.05) is 6.92 Å². The zero-order valence-electron chi connectivity index (χ0n) is 25.3. The van der Waals surface area contributed by atoms with E-state index in [2.05, 4.69) is 49.1 Å². The molecule has 0 spiro atoms. The number of carboxylic acid groups (broad SMARTS) is 1. The Balaban J connectivity index is 0.000000352. The number of carboxylic acids is 1. The van der Waals surface area contributed by atoms with Gasteiger partial charge in [0.1, 0.15) is 0 Å². The van der Waals surface area contributed by atoms with E-state index in [-0.39, 0.29) is 5.92 Å². The largest absolute Gasteiger partial charge is 0.481 e. The summed E-state index contributed by atoms with van der Waals surface area (Å²) in [5.41, 5.74) is 1.54. The molecule has 4 rings (SSSR count). The topological polar surface area (TPSA) is 60.8 Å². The normalized spacial score (nSPS) is 20.0. The van der Waals surface area contributed by atoms with Crippen LogP contribution in [0, 0.1) is 23.5 Å². The minimum atomic E-state index is -0.809. The molecule has 6 heteroatoms. The molecule has 0 bridgehead atoms. The molecular weight excluding hydrogens is 520 g/mol. The van der Waals surface area contributed by atoms with E-state index in [1.165, 1.54) is 37.0 Å². The second kappa shape index (κ2) is 16.4. The summed E-state index contributed by atoms with van der Waals surface area (Å²) in [7, 11) is 0. The van der Waals surface area contributed by atoms with Crippen molar-refractivity contribution in [3.8, 4) is 0 Å². The van der Waals surface area contributed by atoms with Gasteiger partial charge in [0, 0.05) is 19.1 Å². The zero-order valence-corrected chi connectivity index (χ0v) is 25.3. The molecule has 2 unspecified atom stereocenters. The Hall–Kier alpha value is -2.31. The fourth-order valence-corrected chi connectivity index (χ4v) is 6.90. The maximum atomic E-state index is 13.4. The Morgan fingerprint density at radius 3 is 2.20 bits per heavy atom. The summed E-state index contributed by atoms with van der Waals surface area (Å²) in [6.07, 6.45) is 11.9. The first-order valence-electron chi connectivity index (χ1n) is 15.9. The number of aliphatic carboxylic acids is 1. The van der Waals surface area contributed by atoms with Gasteiger partial charge in [-0.2, -0.15) is 0 Å². The van der Waals surface area contributed by atoms with Gasteiger partial charge in [-0.05, 0) is 92.9 Å². The van der Waals surface area contributed by atoms with Crippen molar-refractivity contribution >= 4 is 5.97 Å². The highest BCUT2D eigenvalue weighted by molar-refractivity contribution is 5.69. The number of carbonyl (C=O) groups is 1. The summed E-state index contributed by atoms with van der Waals surface area (Å²) in [6.45, 7) is 8.17. The van der Waals surface area contributed by atoms with Crippen molar-refractivity contribution in [2.24, 2.45) is 11.8 Å². The van der Waals surface area contributed by atoms with Crippen LogP contribution in [0.15, 0.2) is 48.5 Å². The summed E-state index contributed by atoms with van der Waals surface area (Å²) < 4.78 is 26.5. The summed E-state index contributed by atoms with van der Waals surface area (Å²) in [5.74, 6) is -1.41. The molecule has 41 heavy (non-hydrogen) atoms. The van der Waals surface area contributed by atoms with Crippen molar-refractivity contribution in [3.05, 3.63) is 71.3 Å². The molecule has 228 valence electrons. The van der Waals surface area contributed by atoms with E-state index in [1.54, 1.807) is 6.07 Å². The monoisotopic (exact) mass is 571 g/mol. The summed E-state index contributed by atoms with van der Waals surface area (Å²) >= 11 is 0.